The molecule has 1 aromatic rings. The third-order valence-corrected chi connectivity index (χ3v) is 2.28. The van der Waals surface area contributed by atoms with Crippen LogP contribution in [0.25, 0.3) is 0 Å². The number of nitrogens with one attached hydrogen (secondary N) is 2. The highest BCUT2D eigenvalue weighted by molar-refractivity contribution is 9.10. The number of H-pyrrole nitrogens is 1. The number of hydrazone groups is 1. The Morgan fingerprint density at radius 2 is 2.41 bits per heavy atom. The van der Waals surface area contributed by atoms with Crippen molar-refractivity contribution < 1.29 is 9.53 Å². The molecule has 0 unspecified atom stereocenters. The number of nitrogens with zero attached hydrogens (tertiary/aromatic N) is 2. The summed E-state index contributed by atoms with van der Waals surface area (Å²) in [5.41, 5.74) is 2.98. The molecular formula is C10H15BrN4O2. The lowest BCUT2D eigenvalue weighted by Gasteiger charge is -2.07. The second-order valence-corrected chi connectivity index (χ2v) is 4.42. The van der Waals surface area contributed by atoms with Gasteiger partial charge in [0.15, 0.2) is 5.82 Å². The van der Waals surface area contributed by atoms with E-state index in [4.69, 9.17) is 4.74 Å². The molecule has 0 radical (unpaired) electrons. The highest BCUT2D eigenvalue weighted by Gasteiger charge is 2.13. The Kier molecular flexibility index (Phi) is 5.14. The van der Waals surface area contributed by atoms with Crippen molar-refractivity contribution in [3.63, 3.8) is 0 Å². The monoisotopic (exact) mass is 302 g/mol. The van der Waals surface area contributed by atoms with Gasteiger partial charge in [-0.05, 0) is 22.9 Å². The van der Waals surface area contributed by atoms with Crippen LogP contribution in [0.15, 0.2) is 15.9 Å². The second-order valence-electron chi connectivity index (χ2n) is 3.56. The number of aromatic amines is 1. The molecular weight excluding hydrogens is 288 g/mol. The van der Waals surface area contributed by atoms with Gasteiger partial charge in [0.05, 0.1) is 12.8 Å². The molecule has 1 amide bonds. The number of aromatic nitrogens is 2. The van der Waals surface area contributed by atoms with Gasteiger partial charge in [-0.2, -0.15) is 5.10 Å². The van der Waals surface area contributed by atoms with Crippen molar-refractivity contribution in [1.82, 2.24) is 15.4 Å². The Morgan fingerprint density at radius 1 is 1.71 bits per heavy atom. The first-order valence-corrected chi connectivity index (χ1v) is 6.05. The van der Waals surface area contributed by atoms with Crippen molar-refractivity contribution in [3.8, 4) is 0 Å². The summed E-state index contributed by atoms with van der Waals surface area (Å²) >= 11 is 3.27. The second kappa shape index (κ2) is 6.39. The van der Waals surface area contributed by atoms with Crippen LogP contribution in [0.2, 0.25) is 0 Å². The fourth-order valence-electron chi connectivity index (χ4n) is 1.15. The Morgan fingerprint density at radius 3 is 2.88 bits per heavy atom. The van der Waals surface area contributed by atoms with Gasteiger partial charge in [0.25, 0.3) is 0 Å². The van der Waals surface area contributed by atoms with Gasteiger partial charge < -0.3 is 9.72 Å². The molecule has 1 heterocycles. The maximum absolute atomic E-state index is 11.1. The summed E-state index contributed by atoms with van der Waals surface area (Å²) in [7, 11) is 0. The van der Waals surface area contributed by atoms with Gasteiger partial charge in [-0.25, -0.2) is 15.2 Å². The van der Waals surface area contributed by atoms with Crippen molar-refractivity contribution in [3.05, 3.63) is 16.6 Å². The lowest BCUT2D eigenvalue weighted by atomic mass is 10.1. The average Bonchev–Trinajstić information content (AvgIpc) is 2.65. The first-order valence-electron chi connectivity index (χ1n) is 5.25. The van der Waals surface area contributed by atoms with Crippen molar-refractivity contribution in [2.24, 2.45) is 11.0 Å². The molecule has 0 fully saturated rings. The number of hydrogen-bond acceptors (Lipinski definition) is 4. The molecule has 0 aliphatic rings. The Hall–Kier alpha value is -1.37. The molecule has 0 aromatic carbocycles. The van der Waals surface area contributed by atoms with E-state index in [-0.39, 0.29) is 5.92 Å². The predicted octanol–water partition coefficient (Wildman–Crippen LogP) is 2.28. The van der Waals surface area contributed by atoms with Crippen LogP contribution in [0.3, 0.4) is 0 Å². The van der Waals surface area contributed by atoms with E-state index < -0.39 is 6.09 Å². The van der Waals surface area contributed by atoms with Gasteiger partial charge in [0.2, 0.25) is 0 Å². The van der Waals surface area contributed by atoms with Crippen LogP contribution in [0.4, 0.5) is 4.79 Å². The highest BCUT2D eigenvalue weighted by atomic mass is 79.9. The summed E-state index contributed by atoms with van der Waals surface area (Å²) in [6.45, 7) is 5.96. The first-order chi connectivity index (χ1) is 8.04. The van der Waals surface area contributed by atoms with Crippen molar-refractivity contribution >= 4 is 27.7 Å². The molecule has 0 atom stereocenters. The summed E-state index contributed by atoms with van der Waals surface area (Å²) < 4.78 is 5.48. The molecule has 0 spiro atoms. The van der Waals surface area contributed by atoms with Crippen LogP contribution >= 0.6 is 15.9 Å². The SMILES string of the molecule is CCOC(=O)N/N=C(\c1ncc(Br)[nH]1)C(C)C. The van der Waals surface area contributed by atoms with Gasteiger partial charge in [-0.1, -0.05) is 13.8 Å². The summed E-state index contributed by atoms with van der Waals surface area (Å²) in [6.07, 6.45) is 1.06. The minimum absolute atomic E-state index is 0.120. The largest absolute Gasteiger partial charge is 0.449 e. The van der Waals surface area contributed by atoms with Crippen LogP contribution in [0.5, 0.6) is 0 Å². The van der Waals surface area contributed by atoms with Gasteiger partial charge in [-0.3, -0.25) is 0 Å². The van der Waals surface area contributed by atoms with Crippen LogP contribution in [-0.4, -0.2) is 28.4 Å². The van der Waals surface area contributed by atoms with Gasteiger partial charge in [-0.15, -0.1) is 0 Å². The number of carbonyl (C=O) groups is 1. The molecule has 0 saturated heterocycles. The zero-order valence-electron chi connectivity index (χ0n) is 9.95. The lowest BCUT2D eigenvalue weighted by molar-refractivity contribution is 0.152. The molecule has 1 aromatic heterocycles. The van der Waals surface area contributed by atoms with E-state index >= 15 is 0 Å². The topological polar surface area (TPSA) is 79.4 Å². The third kappa shape index (κ3) is 4.18. The minimum atomic E-state index is -0.573. The maximum atomic E-state index is 11.1. The van der Waals surface area contributed by atoms with E-state index in [9.17, 15) is 4.79 Å². The zero-order valence-corrected chi connectivity index (χ0v) is 11.5. The smallest absolute Gasteiger partial charge is 0.427 e. The van der Waals surface area contributed by atoms with Gasteiger partial charge >= 0.3 is 6.09 Å². The van der Waals surface area contributed by atoms with E-state index in [1.807, 2.05) is 13.8 Å². The molecule has 0 bridgehead atoms. The van der Waals surface area contributed by atoms with E-state index in [0.29, 0.717) is 18.1 Å². The standard InChI is InChI=1S/C10H15BrN4O2/c1-4-17-10(16)15-14-8(6(2)3)9-12-5-7(11)13-9/h5-6H,4H2,1-3H3,(H,12,13)(H,15,16)/b14-8-. The fourth-order valence-corrected chi connectivity index (χ4v) is 1.44. The Labute approximate surface area is 108 Å². The van der Waals surface area contributed by atoms with Crippen LogP contribution in [0, 0.1) is 5.92 Å². The van der Waals surface area contributed by atoms with Crippen LogP contribution < -0.4 is 5.43 Å². The number of rotatable bonds is 4. The molecule has 0 saturated carbocycles. The fraction of sp³-hybridized carbons (Fsp3) is 0.500. The molecule has 0 aliphatic carbocycles. The quantitative estimate of drug-likeness (QED) is 0.661. The van der Waals surface area contributed by atoms with E-state index in [1.165, 1.54) is 0 Å². The molecule has 2 N–H and O–H groups in total. The Balaban J connectivity index is 2.79. The summed E-state index contributed by atoms with van der Waals surface area (Å²) in [4.78, 5) is 18.3. The molecule has 17 heavy (non-hydrogen) atoms. The minimum Gasteiger partial charge on any atom is -0.449 e. The summed E-state index contributed by atoms with van der Waals surface area (Å²) in [5, 5.41) is 4.00. The Bertz CT molecular complexity index is 414. The van der Waals surface area contributed by atoms with E-state index in [1.54, 1.807) is 13.1 Å². The molecule has 94 valence electrons. The molecule has 6 nitrogen and oxygen atoms in total. The molecule has 0 aliphatic heterocycles. The number of carbonyl (C=O) groups excluding carboxylic acids is 1. The number of amides is 1. The van der Waals surface area contributed by atoms with Gasteiger partial charge in [0, 0.05) is 5.92 Å². The predicted molar refractivity (Wildman–Crippen MR) is 67.8 cm³/mol. The number of imidazole rings is 1. The van der Waals surface area contributed by atoms with E-state index in [0.717, 1.165) is 4.60 Å². The van der Waals surface area contributed by atoms with Crippen molar-refractivity contribution in [1.29, 1.82) is 0 Å². The summed E-state index contributed by atoms with van der Waals surface area (Å²) in [5.74, 6) is 0.735. The summed E-state index contributed by atoms with van der Waals surface area (Å²) in [6, 6.07) is 0. The van der Waals surface area contributed by atoms with Crippen molar-refractivity contribution in [2.75, 3.05) is 6.61 Å². The third-order valence-electron chi connectivity index (χ3n) is 1.88. The number of hydrogen-bond donors (Lipinski definition) is 2. The maximum Gasteiger partial charge on any atom is 0.427 e. The van der Waals surface area contributed by atoms with Gasteiger partial charge in [0.1, 0.15) is 10.3 Å². The first kappa shape index (κ1) is 13.7. The lowest BCUT2D eigenvalue weighted by Crippen LogP contribution is -2.23. The van der Waals surface area contributed by atoms with E-state index in [2.05, 4.69) is 36.4 Å². The zero-order chi connectivity index (χ0) is 12.8. The normalized spacial score (nSPS) is 11.7. The van der Waals surface area contributed by atoms with Crippen LogP contribution in [0.1, 0.15) is 26.6 Å². The number of ether oxygens (including phenoxy) is 1. The average molecular weight is 303 g/mol. The van der Waals surface area contributed by atoms with Crippen molar-refractivity contribution in [2.45, 2.75) is 20.8 Å². The molecule has 1 rings (SSSR count). The highest BCUT2D eigenvalue weighted by Crippen LogP contribution is 2.10. The number of halogens is 1. The molecule has 7 heteroatoms. The van der Waals surface area contributed by atoms with Crippen LogP contribution in [-0.2, 0) is 4.74 Å².